The van der Waals surface area contributed by atoms with Crippen molar-refractivity contribution in [2.24, 2.45) is 5.92 Å². The van der Waals surface area contributed by atoms with E-state index in [4.69, 9.17) is 0 Å². The van der Waals surface area contributed by atoms with Crippen molar-refractivity contribution < 1.29 is 13.2 Å². The van der Waals surface area contributed by atoms with Gasteiger partial charge in [0.05, 0.1) is 10.6 Å². The molecule has 8 heteroatoms. The van der Waals surface area contributed by atoms with Crippen LogP contribution in [0.5, 0.6) is 0 Å². The van der Waals surface area contributed by atoms with Crippen LogP contribution < -0.4 is 4.72 Å². The van der Waals surface area contributed by atoms with Gasteiger partial charge in [0.15, 0.2) is 0 Å². The van der Waals surface area contributed by atoms with Gasteiger partial charge in [0.1, 0.15) is 0 Å². The Morgan fingerprint density at radius 1 is 0.868 bits per heavy atom. The number of amides is 1. The Kier molecular flexibility index (Phi) is 5.99. The lowest BCUT2D eigenvalue weighted by atomic mass is 9.92. The van der Waals surface area contributed by atoms with Crippen LogP contribution in [0, 0.1) is 19.8 Å². The molecule has 192 valence electrons. The Morgan fingerprint density at radius 2 is 1.61 bits per heavy atom. The van der Waals surface area contributed by atoms with Crippen molar-refractivity contribution >= 4 is 21.9 Å². The van der Waals surface area contributed by atoms with Crippen molar-refractivity contribution in [1.82, 2.24) is 14.9 Å². The van der Waals surface area contributed by atoms with Gasteiger partial charge < -0.3 is 4.90 Å². The van der Waals surface area contributed by atoms with Gasteiger partial charge >= 0.3 is 0 Å². The van der Waals surface area contributed by atoms with Crippen LogP contribution in [-0.4, -0.2) is 35.7 Å². The van der Waals surface area contributed by atoms with Crippen LogP contribution in [-0.2, 0) is 29.4 Å². The maximum Gasteiger partial charge on any atom is 0.264 e. The highest BCUT2D eigenvalue weighted by Crippen LogP contribution is 2.31. The van der Waals surface area contributed by atoms with E-state index in [1.807, 2.05) is 55.1 Å². The molecule has 1 amide bonds. The highest BCUT2D eigenvalue weighted by Gasteiger charge is 2.29. The zero-order valence-electron chi connectivity index (χ0n) is 21.3. The molecule has 0 saturated heterocycles. The third kappa shape index (κ3) is 4.56. The van der Waals surface area contributed by atoms with Gasteiger partial charge in [0.25, 0.3) is 15.9 Å². The van der Waals surface area contributed by atoms with Gasteiger partial charge in [-0.05, 0) is 79.1 Å². The second-order valence-corrected chi connectivity index (χ2v) is 11.9. The number of nitrogens with one attached hydrogen (secondary N) is 1. The van der Waals surface area contributed by atoms with Crippen molar-refractivity contribution in [3.8, 4) is 11.3 Å². The number of hydrogen-bond donors (Lipinski definition) is 1. The largest absolute Gasteiger partial charge is 0.334 e. The fourth-order valence-electron chi connectivity index (χ4n) is 5.61. The van der Waals surface area contributed by atoms with Crippen molar-refractivity contribution in [2.75, 3.05) is 11.3 Å². The average molecular weight is 525 g/mol. The molecule has 2 aliphatic rings. The number of sulfonamides is 1. The molecule has 0 radical (unpaired) electrons. The van der Waals surface area contributed by atoms with E-state index in [0.717, 1.165) is 34.4 Å². The zero-order valence-corrected chi connectivity index (χ0v) is 22.1. The number of carbonyl (C=O) groups is 1. The number of carbonyl (C=O) groups excluding carboxylic acids is 1. The molecule has 0 saturated carbocycles. The van der Waals surface area contributed by atoms with E-state index in [1.54, 1.807) is 12.1 Å². The Morgan fingerprint density at radius 3 is 2.39 bits per heavy atom. The van der Waals surface area contributed by atoms with Crippen LogP contribution in [0.25, 0.3) is 11.3 Å². The minimum Gasteiger partial charge on any atom is -0.334 e. The van der Waals surface area contributed by atoms with Crippen LogP contribution in [0.1, 0.15) is 38.3 Å². The Labute approximate surface area is 222 Å². The summed E-state index contributed by atoms with van der Waals surface area (Å²) in [4.78, 5) is 24.8. The Hall–Kier alpha value is -4.04. The highest BCUT2D eigenvalue weighted by atomic mass is 32.2. The van der Waals surface area contributed by atoms with Gasteiger partial charge in [-0.2, -0.15) is 0 Å². The van der Waals surface area contributed by atoms with E-state index < -0.39 is 10.0 Å². The molecule has 38 heavy (non-hydrogen) atoms. The fraction of sp³-hybridized carbons (Fsp3) is 0.233. The number of rotatable bonds is 1. The average Bonchev–Trinajstić information content (AvgIpc) is 3.06. The predicted octanol–water partition coefficient (Wildman–Crippen LogP) is 4.93. The number of nitrogens with zero attached hydrogens (tertiary/aromatic N) is 3. The molecule has 4 aromatic rings. The topological polar surface area (TPSA) is 92.3 Å². The smallest absolute Gasteiger partial charge is 0.264 e. The van der Waals surface area contributed by atoms with Crippen molar-refractivity contribution in [2.45, 2.75) is 38.1 Å². The summed E-state index contributed by atoms with van der Waals surface area (Å²) in [6.07, 6.45) is 1.37. The normalized spacial score (nSPS) is 18.2. The standard InChI is InChI=1S/C30H28N4O3S/c1-19-7-5-8-20(2)28(19)27-16-25-14-21-13-22-9-3-4-10-24(22)18-34(17-21)29(35)23-11-6-12-26(15-23)38(36,37)33-30(31-25)32-27/h3-12,15-16,21H,13-14,17-18H2,1-2H3,(H,31,32,33). The van der Waals surface area contributed by atoms with Crippen molar-refractivity contribution in [1.29, 1.82) is 0 Å². The lowest BCUT2D eigenvalue weighted by molar-refractivity contribution is 0.0720. The summed E-state index contributed by atoms with van der Waals surface area (Å²) in [6.45, 7) is 5.06. The second-order valence-electron chi connectivity index (χ2n) is 10.2. The van der Waals surface area contributed by atoms with Crippen LogP contribution in [0.15, 0.2) is 77.7 Å². The zero-order chi connectivity index (χ0) is 26.4. The molecule has 6 bridgehead atoms. The molecule has 3 heterocycles. The third-order valence-electron chi connectivity index (χ3n) is 7.39. The summed E-state index contributed by atoms with van der Waals surface area (Å²) in [6, 6.07) is 22.4. The van der Waals surface area contributed by atoms with Gasteiger partial charge in [0.2, 0.25) is 5.95 Å². The molecule has 0 fully saturated rings. The highest BCUT2D eigenvalue weighted by molar-refractivity contribution is 7.92. The molecule has 2 aliphatic heterocycles. The van der Waals surface area contributed by atoms with Crippen molar-refractivity contribution in [3.63, 3.8) is 0 Å². The van der Waals surface area contributed by atoms with Gasteiger partial charge in [-0.15, -0.1) is 0 Å². The predicted molar refractivity (Wildman–Crippen MR) is 146 cm³/mol. The summed E-state index contributed by atoms with van der Waals surface area (Å²) in [5.41, 5.74) is 7.15. The summed E-state index contributed by atoms with van der Waals surface area (Å²) in [5.74, 6) is -0.0595. The minimum atomic E-state index is -4.03. The van der Waals surface area contributed by atoms with Crippen LogP contribution in [0.3, 0.4) is 0 Å². The lowest BCUT2D eigenvalue weighted by Gasteiger charge is -2.25. The molecule has 1 N–H and O–H groups in total. The monoisotopic (exact) mass is 524 g/mol. The maximum atomic E-state index is 13.7. The van der Waals surface area contributed by atoms with Crippen LogP contribution in [0.4, 0.5) is 5.95 Å². The molecule has 3 aromatic carbocycles. The summed E-state index contributed by atoms with van der Waals surface area (Å²) < 4.78 is 29.4. The molecule has 1 atom stereocenters. The number of aromatic nitrogens is 2. The summed E-state index contributed by atoms with van der Waals surface area (Å²) in [7, 11) is -4.03. The summed E-state index contributed by atoms with van der Waals surface area (Å²) >= 11 is 0. The first-order valence-corrected chi connectivity index (χ1v) is 14.2. The van der Waals surface area contributed by atoms with E-state index in [2.05, 4.69) is 26.8 Å². The van der Waals surface area contributed by atoms with E-state index in [1.165, 1.54) is 17.7 Å². The van der Waals surface area contributed by atoms with E-state index in [-0.39, 0.29) is 22.7 Å². The second kappa shape index (κ2) is 9.36. The summed E-state index contributed by atoms with van der Waals surface area (Å²) in [5, 5.41) is 0. The Bertz CT molecular complexity index is 1660. The minimum absolute atomic E-state index is 0.00278. The molecule has 6 rings (SSSR count). The maximum absolute atomic E-state index is 13.7. The van der Waals surface area contributed by atoms with Gasteiger partial charge in [-0.3, -0.25) is 4.79 Å². The first-order chi connectivity index (χ1) is 18.3. The first kappa shape index (κ1) is 24.3. The van der Waals surface area contributed by atoms with Crippen LogP contribution >= 0.6 is 0 Å². The lowest BCUT2D eigenvalue weighted by Crippen LogP contribution is -2.34. The van der Waals surface area contributed by atoms with Crippen LogP contribution in [0.2, 0.25) is 0 Å². The SMILES string of the molecule is Cc1cccc(C)c1-c1cc2nc(n1)NS(=O)(=O)c1cccc(c1)C(=O)N1Cc3ccccc3CC(C2)C1. The van der Waals surface area contributed by atoms with Crippen molar-refractivity contribution in [3.05, 3.63) is 106 Å². The third-order valence-corrected chi connectivity index (χ3v) is 8.71. The van der Waals surface area contributed by atoms with E-state index in [9.17, 15) is 13.2 Å². The number of anilines is 1. The van der Waals surface area contributed by atoms with Gasteiger partial charge in [0, 0.05) is 29.9 Å². The molecular formula is C30H28N4O3S. The van der Waals surface area contributed by atoms with Gasteiger partial charge in [-0.25, -0.2) is 23.1 Å². The number of hydrogen-bond acceptors (Lipinski definition) is 5. The number of fused-ring (bicyclic) bond motifs is 7. The van der Waals surface area contributed by atoms with E-state index >= 15 is 0 Å². The van der Waals surface area contributed by atoms with E-state index in [0.29, 0.717) is 30.8 Å². The number of aryl methyl sites for hydroxylation is 2. The quantitative estimate of drug-likeness (QED) is 0.381. The molecular weight excluding hydrogens is 496 g/mol. The fourth-order valence-corrected chi connectivity index (χ4v) is 6.60. The molecule has 1 unspecified atom stereocenters. The molecule has 0 aliphatic carbocycles. The molecule has 1 aromatic heterocycles. The first-order valence-electron chi connectivity index (χ1n) is 12.7. The molecule has 0 spiro atoms. The van der Waals surface area contributed by atoms with Gasteiger partial charge in [-0.1, -0.05) is 48.5 Å². The Balaban J connectivity index is 1.55. The number of benzene rings is 3. The molecule has 7 nitrogen and oxygen atoms in total.